The minimum atomic E-state index is -0.444. The molecule has 0 bridgehead atoms. The van der Waals surface area contributed by atoms with E-state index in [2.05, 4.69) is 10.2 Å². The third-order valence-electron chi connectivity index (χ3n) is 4.40. The number of carbonyl (C=O) groups is 2. The van der Waals surface area contributed by atoms with Gasteiger partial charge in [0.2, 0.25) is 11.8 Å². The molecule has 0 aromatic heterocycles. The molecular weight excluding hydrogens is 325 g/mol. The van der Waals surface area contributed by atoms with E-state index in [0.717, 1.165) is 0 Å². The number of likely N-dealkylation sites (N-methyl/N-ethyl adjacent to an activating group) is 1. The number of halogens is 1. The number of ether oxygens (including phenoxy) is 1. The number of rotatable bonds is 6. The van der Waals surface area contributed by atoms with Crippen LogP contribution in [-0.2, 0) is 9.59 Å². The Labute approximate surface area is 147 Å². The van der Waals surface area contributed by atoms with E-state index in [1.54, 1.807) is 24.1 Å². The summed E-state index contributed by atoms with van der Waals surface area (Å²) in [6.07, 6.45) is 0.149. The van der Waals surface area contributed by atoms with Crippen molar-refractivity contribution >= 4 is 11.8 Å². The number of piperazine rings is 1. The van der Waals surface area contributed by atoms with Gasteiger partial charge in [0.1, 0.15) is 6.04 Å². The van der Waals surface area contributed by atoms with Crippen LogP contribution >= 0.6 is 0 Å². The average molecular weight is 351 g/mol. The summed E-state index contributed by atoms with van der Waals surface area (Å²) in [4.78, 5) is 28.3. The maximum atomic E-state index is 13.5. The molecule has 6 nitrogen and oxygen atoms in total. The predicted octanol–water partition coefficient (Wildman–Crippen LogP) is 1.26. The molecule has 2 rings (SSSR count). The summed E-state index contributed by atoms with van der Waals surface area (Å²) < 4.78 is 18.8. The Morgan fingerprint density at radius 3 is 2.68 bits per heavy atom. The highest BCUT2D eigenvalue weighted by Crippen LogP contribution is 2.17. The molecule has 1 N–H and O–H groups in total. The summed E-state index contributed by atoms with van der Waals surface area (Å²) in [5, 5.41) is 2.66. The van der Waals surface area contributed by atoms with Gasteiger partial charge in [-0.15, -0.1) is 0 Å². The fourth-order valence-electron chi connectivity index (χ4n) is 3.01. The van der Waals surface area contributed by atoms with E-state index in [4.69, 9.17) is 4.74 Å². The highest BCUT2D eigenvalue weighted by molar-refractivity contribution is 5.83. The minimum absolute atomic E-state index is 0.0891. The first kappa shape index (κ1) is 19.2. The van der Waals surface area contributed by atoms with Gasteiger partial charge in [-0.05, 0) is 26.0 Å². The number of hydrogen-bond donors (Lipinski definition) is 1. The van der Waals surface area contributed by atoms with Gasteiger partial charge < -0.3 is 15.0 Å². The fourth-order valence-corrected chi connectivity index (χ4v) is 3.01. The SMILES string of the molecule is CNC(=O)C1CN(C(=O)CCOc2ccccc2F)CCN1C(C)C. The van der Waals surface area contributed by atoms with E-state index in [1.807, 2.05) is 13.8 Å². The molecule has 25 heavy (non-hydrogen) atoms. The van der Waals surface area contributed by atoms with Crippen LogP contribution in [0.1, 0.15) is 20.3 Å². The number of para-hydroxylation sites is 1. The molecule has 0 saturated carbocycles. The van der Waals surface area contributed by atoms with Crippen LogP contribution in [0.15, 0.2) is 24.3 Å². The third kappa shape index (κ3) is 4.92. The van der Waals surface area contributed by atoms with Gasteiger partial charge in [-0.3, -0.25) is 14.5 Å². The quantitative estimate of drug-likeness (QED) is 0.838. The molecule has 0 aliphatic carbocycles. The molecule has 1 heterocycles. The Balaban J connectivity index is 1.89. The summed E-state index contributed by atoms with van der Waals surface area (Å²) in [6, 6.07) is 5.98. The maximum Gasteiger partial charge on any atom is 0.238 e. The van der Waals surface area contributed by atoms with E-state index in [-0.39, 0.29) is 42.7 Å². The lowest BCUT2D eigenvalue weighted by Crippen LogP contribution is -2.61. The van der Waals surface area contributed by atoms with Gasteiger partial charge in [0, 0.05) is 32.7 Å². The van der Waals surface area contributed by atoms with Crippen LogP contribution in [0.2, 0.25) is 0 Å². The summed E-state index contributed by atoms with van der Waals surface area (Å²) in [5.74, 6) is -0.481. The highest BCUT2D eigenvalue weighted by atomic mass is 19.1. The Kier molecular flexibility index (Phi) is 6.75. The van der Waals surface area contributed by atoms with E-state index in [0.29, 0.717) is 19.6 Å². The average Bonchev–Trinajstić information content (AvgIpc) is 2.61. The van der Waals surface area contributed by atoms with Crippen molar-refractivity contribution in [1.82, 2.24) is 15.1 Å². The normalized spacial score (nSPS) is 18.3. The maximum absolute atomic E-state index is 13.5. The minimum Gasteiger partial charge on any atom is -0.490 e. The van der Waals surface area contributed by atoms with Crippen LogP contribution in [-0.4, -0.2) is 67.0 Å². The molecule has 1 fully saturated rings. The van der Waals surface area contributed by atoms with E-state index in [9.17, 15) is 14.0 Å². The van der Waals surface area contributed by atoms with Gasteiger partial charge in [0.25, 0.3) is 0 Å². The highest BCUT2D eigenvalue weighted by Gasteiger charge is 2.34. The zero-order valence-electron chi connectivity index (χ0n) is 15.0. The Hall–Kier alpha value is -2.15. The van der Waals surface area contributed by atoms with Crippen LogP contribution in [0.4, 0.5) is 4.39 Å². The topological polar surface area (TPSA) is 61.9 Å². The molecule has 7 heteroatoms. The lowest BCUT2D eigenvalue weighted by Gasteiger charge is -2.42. The molecule has 1 aromatic carbocycles. The monoisotopic (exact) mass is 351 g/mol. The Bertz CT molecular complexity index is 609. The smallest absolute Gasteiger partial charge is 0.238 e. The van der Waals surface area contributed by atoms with Crippen molar-refractivity contribution in [2.45, 2.75) is 32.4 Å². The Morgan fingerprint density at radius 1 is 1.32 bits per heavy atom. The number of benzene rings is 1. The van der Waals surface area contributed by atoms with Crippen molar-refractivity contribution < 1.29 is 18.7 Å². The second-order valence-corrected chi connectivity index (χ2v) is 6.33. The van der Waals surface area contributed by atoms with Crippen LogP contribution in [0.3, 0.4) is 0 Å². The van der Waals surface area contributed by atoms with Crippen molar-refractivity contribution in [3.63, 3.8) is 0 Å². The molecule has 1 saturated heterocycles. The zero-order chi connectivity index (χ0) is 18.4. The lowest BCUT2D eigenvalue weighted by molar-refractivity contribution is -0.139. The van der Waals surface area contributed by atoms with Gasteiger partial charge >= 0.3 is 0 Å². The van der Waals surface area contributed by atoms with Crippen LogP contribution < -0.4 is 10.1 Å². The third-order valence-corrected chi connectivity index (χ3v) is 4.40. The first-order chi connectivity index (χ1) is 11.9. The zero-order valence-corrected chi connectivity index (χ0v) is 15.0. The molecule has 1 aromatic rings. The molecule has 0 radical (unpaired) electrons. The van der Waals surface area contributed by atoms with Gasteiger partial charge in [0.05, 0.1) is 13.0 Å². The predicted molar refractivity (Wildman–Crippen MR) is 92.8 cm³/mol. The first-order valence-electron chi connectivity index (χ1n) is 8.56. The Morgan fingerprint density at radius 2 is 2.04 bits per heavy atom. The molecular formula is C18H26FN3O3. The summed E-state index contributed by atoms with van der Waals surface area (Å²) in [6.45, 7) is 5.76. The number of amides is 2. The van der Waals surface area contributed by atoms with Gasteiger partial charge in [0.15, 0.2) is 11.6 Å². The number of carbonyl (C=O) groups excluding carboxylic acids is 2. The van der Waals surface area contributed by atoms with Crippen LogP contribution in [0.5, 0.6) is 5.75 Å². The van der Waals surface area contributed by atoms with Crippen molar-refractivity contribution in [2.24, 2.45) is 0 Å². The summed E-state index contributed by atoms with van der Waals surface area (Å²) >= 11 is 0. The molecule has 2 amide bonds. The molecule has 138 valence electrons. The molecule has 0 spiro atoms. The summed E-state index contributed by atoms with van der Waals surface area (Å²) in [7, 11) is 1.60. The molecule has 1 aliphatic heterocycles. The number of hydrogen-bond acceptors (Lipinski definition) is 4. The van der Waals surface area contributed by atoms with Crippen molar-refractivity contribution in [1.29, 1.82) is 0 Å². The van der Waals surface area contributed by atoms with Crippen molar-refractivity contribution in [3.8, 4) is 5.75 Å². The van der Waals surface area contributed by atoms with Crippen molar-refractivity contribution in [3.05, 3.63) is 30.1 Å². The molecule has 1 unspecified atom stereocenters. The molecule has 1 atom stereocenters. The largest absolute Gasteiger partial charge is 0.490 e. The van der Waals surface area contributed by atoms with Gasteiger partial charge in [-0.2, -0.15) is 0 Å². The lowest BCUT2D eigenvalue weighted by atomic mass is 10.1. The van der Waals surface area contributed by atoms with E-state index < -0.39 is 5.82 Å². The molecule has 1 aliphatic rings. The fraction of sp³-hybridized carbons (Fsp3) is 0.556. The van der Waals surface area contributed by atoms with Crippen molar-refractivity contribution in [2.75, 3.05) is 33.3 Å². The van der Waals surface area contributed by atoms with E-state index >= 15 is 0 Å². The van der Waals surface area contributed by atoms with Gasteiger partial charge in [-0.1, -0.05) is 12.1 Å². The standard InChI is InChI=1S/C18H26FN3O3/c1-13(2)22-10-9-21(12-15(22)18(24)20-3)17(23)8-11-25-16-7-5-4-6-14(16)19/h4-7,13,15H,8-12H2,1-3H3,(H,20,24). The number of nitrogens with one attached hydrogen (secondary N) is 1. The second-order valence-electron chi connectivity index (χ2n) is 6.33. The van der Waals surface area contributed by atoms with Crippen LogP contribution in [0.25, 0.3) is 0 Å². The van der Waals surface area contributed by atoms with Crippen LogP contribution in [0, 0.1) is 5.82 Å². The van der Waals surface area contributed by atoms with E-state index in [1.165, 1.54) is 12.1 Å². The number of nitrogens with zero attached hydrogens (tertiary/aromatic N) is 2. The summed E-state index contributed by atoms with van der Waals surface area (Å²) in [5.41, 5.74) is 0. The first-order valence-corrected chi connectivity index (χ1v) is 8.56. The second kappa shape index (κ2) is 8.80. The van der Waals surface area contributed by atoms with Gasteiger partial charge in [-0.25, -0.2) is 4.39 Å².